The zero-order chi connectivity index (χ0) is 3.58. The fourth-order valence-electron chi connectivity index (χ4n) is 0. The molecule has 0 amide bonds. The summed E-state index contributed by atoms with van der Waals surface area (Å²) in [4.78, 5) is 9.07. The van der Waals surface area contributed by atoms with Crippen molar-refractivity contribution in [2.75, 3.05) is 0 Å². The van der Waals surface area contributed by atoms with Gasteiger partial charge < -0.3 is 30.1 Å². The maximum absolute atomic E-state index is 9.07. The van der Waals surface area contributed by atoms with E-state index in [9.17, 15) is 0 Å². The number of carbonyl (C=O) groups is 1. The molecular formula is CNa2OS2. The summed E-state index contributed by atoms with van der Waals surface area (Å²) in [7, 11) is 0. The molecular weight excluding hydrogens is 138 g/mol. The van der Waals surface area contributed by atoms with Gasteiger partial charge in [-0.2, -0.15) is 0 Å². The Bertz CT molecular complexity index is 34.5. The maximum atomic E-state index is 9.07. The standard InChI is InChI=1S/CH2OS2.2Na/c2-1(3)4;;/h(H2,2,3,4);;/q;2*+1/p-2. The summed E-state index contributed by atoms with van der Waals surface area (Å²) >= 11 is 7.59. The zero-order valence-corrected chi connectivity index (χ0v) is 9.36. The van der Waals surface area contributed by atoms with Crippen molar-refractivity contribution in [2.45, 2.75) is 0 Å². The Morgan fingerprint density at radius 3 is 1.17 bits per heavy atom. The Morgan fingerprint density at radius 1 is 1.17 bits per heavy atom. The van der Waals surface area contributed by atoms with Gasteiger partial charge in [0.05, 0.1) is 0 Å². The summed E-state index contributed by atoms with van der Waals surface area (Å²) in [5.74, 6) is 0. The topological polar surface area (TPSA) is 17.1 Å². The van der Waals surface area contributed by atoms with Crippen molar-refractivity contribution in [1.82, 2.24) is 0 Å². The van der Waals surface area contributed by atoms with Gasteiger partial charge >= 0.3 is 59.1 Å². The average molecular weight is 138 g/mol. The second kappa shape index (κ2) is 10.2. The van der Waals surface area contributed by atoms with Gasteiger partial charge in [-0.05, 0) is 0 Å². The molecule has 0 aliphatic rings. The molecule has 0 bridgehead atoms. The summed E-state index contributed by atoms with van der Waals surface area (Å²) in [6, 6.07) is 0. The van der Waals surface area contributed by atoms with Crippen LogP contribution in [0, 0.1) is 0 Å². The fraction of sp³-hybridized carbons (Fsp3) is 0. The number of carbonyl (C=O) groups excluding carboxylic acids is 1. The Labute approximate surface area is 92.0 Å². The molecule has 24 valence electrons. The number of hydrogen-bond acceptors (Lipinski definition) is 3. The van der Waals surface area contributed by atoms with E-state index in [2.05, 4.69) is 25.3 Å². The normalized spacial score (nSPS) is 4.00. The molecule has 6 heavy (non-hydrogen) atoms. The minimum absolute atomic E-state index is 0. The largest absolute Gasteiger partial charge is 1.00 e. The minimum Gasteiger partial charge on any atom is -0.767 e. The SMILES string of the molecule is O=C([S-])[S-].[Na+].[Na+]. The first kappa shape index (κ1) is 15.7. The van der Waals surface area contributed by atoms with Crippen LogP contribution in [-0.4, -0.2) is 4.45 Å². The molecule has 0 saturated carbocycles. The summed E-state index contributed by atoms with van der Waals surface area (Å²) in [5.41, 5.74) is 0. The third kappa shape index (κ3) is 35.8. The van der Waals surface area contributed by atoms with Crippen LogP contribution < -0.4 is 59.1 Å². The molecule has 0 heterocycles. The first-order valence-corrected chi connectivity index (χ1v) is 1.43. The second-order valence-corrected chi connectivity index (χ2v) is 1.25. The Kier molecular flexibility index (Phi) is 26.6. The van der Waals surface area contributed by atoms with E-state index < -0.39 is 4.45 Å². The Hall–Kier alpha value is 2.11. The van der Waals surface area contributed by atoms with E-state index in [4.69, 9.17) is 4.79 Å². The van der Waals surface area contributed by atoms with Crippen LogP contribution in [0.15, 0.2) is 0 Å². The van der Waals surface area contributed by atoms with Crippen LogP contribution in [0.3, 0.4) is 0 Å². The third-order valence-corrected chi connectivity index (χ3v) is 0. The van der Waals surface area contributed by atoms with Gasteiger partial charge in [-0.25, -0.2) is 0 Å². The predicted molar refractivity (Wildman–Crippen MR) is 20.1 cm³/mol. The van der Waals surface area contributed by atoms with Crippen LogP contribution in [0.5, 0.6) is 0 Å². The van der Waals surface area contributed by atoms with E-state index >= 15 is 0 Å². The van der Waals surface area contributed by atoms with E-state index in [-0.39, 0.29) is 59.1 Å². The second-order valence-electron chi connectivity index (χ2n) is 0.250. The quantitative estimate of drug-likeness (QED) is 0.245. The van der Waals surface area contributed by atoms with Crippen molar-refractivity contribution in [3.63, 3.8) is 0 Å². The molecule has 0 aromatic rings. The minimum atomic E-state index is -0.667. The van der Waals surface area contributed by atoms with Gasteiger partial charge in [0.1, 0.15) is 0 Å². The first-order valence-electron chi connectivity index (χ1n) is 0.612. The van der Waals surface area contributed by atoms with Crippen molar-refractivity contribution in [1.29, 1.82) is 0 Å². The van der Waals surface area contributed by atoms with Crippen molar-refractivity contribution < 1.29 is 63.9 Å². The number of rotatable bonds is 0. The molecule has 0 saturated heterocycles. The summed E-state index contributed by atoms with van der Waals surface area (Å²) in [6.45, 7) is 0. The van der Waals surface area contributed by atoms with Crippen molar-refractivity contribution in [3.8, 4) is 0 Å². The van der Waals surface area contributed by atoms with Gasteiger partial charge in [0.25, 0.3) is 0 Å². The molecule has 0 N–H and O–H groups in total. The smallest absolute Gasteiger partial charge is 0.767 e. The summed E-state index contributed by atoms with van der Waals surface area (Å²) in [6.07, 6.45) is 0. The van der Waals surface area contributed by atoms with Crippen LogP contribution in [0.1, 0.15) is 0 Å². The fourth-order valence-corrected chi connectivity index (χ4v) is 0. The maximum Gasteiger partial charge on any atom is 1.00 e. The van der Waals surface area contributed by atoms with Gasteiger partial charge in [0.2, 0.25) is 0 Å². The average Bonchev–Trinajstić information content (AvgIpc) is 0.811. The molecule has 0 aromatic carbocycles. The zero-order valence-electron chi connectivity index (χ0n) is 3.72. The van der Waals surface area contributed by atoms with Crippen molar-refractivity contribution in [2.24, 2.45) is 0 Å². The van der Waals surface area contributed by atoms with Gasteiger partial charge in [-0.1, -0.05) is 0 Å². The van der Waals surface area contributed by atoms with Gasteiger partial charge in [-0.3, -0.25) is 0 Å². The van der Waals surface area contributed by atoms with Crippen LogP contribution in [0.2, 0.25) is 0 Å². The summed E-state index contributed by atoms with van der Waals surface area (Å²) < 4.78 is -0.667. The van der Waals surface area contributed by atoms with Gasteiger partial charge in [0.15, 0.2) is 0 Å². The van der Waals surface area contributed by atoms with E-state index in [1.54, 1.807) is 0 Å². The molecule has 0 unspecified atom stereocenters. The Balaban J connectivity index is -0.0000000450. The molecule has 0 radical (unpaired) electrons. The number of hydrogen-bond donors (Lipinski definition) is 0. The summed E-state index contributed by atoms with van der Waals surface area (Å²) in [5, 5.41) is 0. The molecule has 0 aliphatic heterocycles. The van der Waals surface area contributed by atoms with Crippen molar-refractivity contribution >= 4 is 29.7 Å². The van der Waals surface area contributed by atoms with Crippen LogP contribution >= 0.6 is 0 Å². The molecule has 0 fully saturated rings. The van der Waals surface area contributed by atoms with E-state index in [1.165, 1.54) is 0 Å². The van der Waals surface area contributed by atoms with Gasteiger partial charge in [-0.15, -0.1) is 4.45 Å². The Morgan fingerprint density at radius 2 is 1.17 bits per heavy atom. The van der Waals surface area contributed by atoms with Crippen LogP contribution in [0.25, 0.3) is 0 Å². The monoisotopic (exact) mass is 138 g/mol. The molecule has 0 rings (SSSR count). The molecule has 5 heteroatoms. The van der Waals surface area contributed by atoms with Crippen molar-refractivity contribution in [3.05, 3.63) is 0 Å². The molecule has 0 spiro atoms. The van der Waals surface area contributed by atoms with E-state index in [0.29, 0.717) is 0 Å². The van der Waals surface area contributed by atoms with E-state index in [1.807, 2.05) is 0 Å². The molecule has 0 aromatic heterocycles. The predicted octanol–water partition coefficient (Wildman–Crippen LogP) is -5.79. The van der Waals surface area contributed by atoms with Gasteiger partial charge in [0, 0.05) is 0 Å². The molecule has 1 nitrogen and oxygen atoms in total. The van der Waals surface area contributed by atoms with E-state index in [0.717, 1.165) is 0 Å². The first-order chi connectivity index (χ1) is 1.73. The molecule has 0 atom stereocenters. The third-order valence-electron chi connectivity index (χ3n) is 0. The molecule has 0 aliphatic carbocycles. The van der Waals surface area contributed by atoms with Crippen LogP contribution in [0.4, 0.5) is 4.79 Å². The van der Waals surface area contributed by atoms with Crippen LogP contribution in [-0.2, 0) is 25.3 Å².